The molecule has 0 aliphatic rings. The summed E-state index contributed by atoms with van der Waals surface area (Å²) in [5, 5.41) is 11.7. The van der Waals surface area contributed by atoms with Gasteiger partial charge in [0.1, 0.15) is 24.1 Å². The molecule has 4 aromatic rings. The molecule has 0 fully saturated rings. The van der Waals surface area contributed by atoms with Crippen molar-refractivity contribution in [3.8, 4) is 11.3 Å². The topological polar surface area (TPSA) is 94.4 Å². The molecular formula is C18H14ClN5O3. The van der Waals surface area contributed by atoms with E-state index in [1.807, 2.05) is 12.1 Å². The van der Waals surface area contributed by atoms with Crippen molar-refractivity contribution in [1.82, 2.24) is 24.7 Å². The molecular weight excluding hydrogens is 370 g/mol. The Bertz CT molecular complexity index is 1150. The Hall–Kier alpha value is -3.39. The van der Waals surface area contributed by atoms with Crippen LogP contribution in [0.3, 0.4) is 0 Å². The molecule has 1 aromatic carbocycles. The van der Waals surface area contributed by atoms with Gasteiger partial charge in [0.05, 0.1) is 18.5 Å². The monoisotopic (exact) mass is 383 g/mol. The normalized spacial score (nSPS) is 11.0. The molecule has 27 heavy (non-hydrogen) atoms. The second kappa shape index (κ2) is 7.08. The zero-order chi connectivity index (χ0) is 18.8. The van der Waals surface area contributed by atoms with Crippen molar-refractivity contribution in [3.05, 3.63) is 76.2 Å². The lowest BCUT2D eigenvalue weighted by molar-refractivity contribution is -0.122. The Morgan fingerprint density at radius 2 is 2.04 bits per heavy atom. The fourth-order valence-electron chi connectivity index (χ4n) is 2.60. The summed E-state index contributed by atoms with van der Waals surface area (Å²) in [5.74, 6) is 0.283. The number of aromatic nitrogens is 4. The lowest BCUT2D eigenvalue weighted by atomic mass is 10.1. The van der Waals surface area contributed by atoms with Gasteiger partial charge >= 0.3 is 0 Å². The van der Waals surface area contributed by atoms with Crippen molar-refractivity contribution < 1.29 is 9.21 Å². The average molecular weight is 384 g/mol. The molecule has 0 aliphatic carbocycles. The summed E-state index contributed by atoms with van der Waals surface area (Å²) in [5.41, 5.74) is 1.36. The van der Waals surface area contributed by atoms with Crippen molar-refractivity contribution >= 4 is 23.0 Å². The molecule has 0 unspecified atom stereocenters. The number of carbonyl (C=O) groups is 1. The zero-order valence-electron chi connectivity index (χ0n) is 14.0. The van der Waals surface area contributed by atoms with E-state index in [0.29, 0.717) is 22.0 Å². The maximum atomic E-state index is 12.6. The first-order valence-electron chi connectivity index (χ1n) is 8.11. The number of benzene rings is 1. The molecule has 0 saturated heterocycles. The van der Waals surface area contributed by atoms with Crippen LogP contribution in [0.2, 0.25) is 5.02 Å². The van der Waals surface area contributed by atoms with Gasteiger partial charge in [-0.05, 0) is 30.3 Å². The maximum Gasteiger partial charge on any atom is 0.293 e. The van der Waals surface area contributed by atoms with E-state index in [0.717, 1.165) is 10.2 Å². The SMILES string of the molecule is O=C(Cn1ncn2nc(-c3ccc(Cl)cc3)cc2c1=O)NCc1ccco1. The Morgan fingerprint density at radius 3 is 2.78 bits per heavy atom. The summed E-state index contributed by atoms with van der Waals surface area (Å²) in [4.78, 5) is 24.7. The van der Waals surface area contributed by atoms with Gasteiger partial charge in [0.15, 0.2) is 0 Å². The molecule has 136 valence electrons. The largest absolute Gasteiger partial charge is 0.467 e. The highest BCUT2D eigenvalue weighted by Gasteiger charge is 2.12. The minimum absolute atomic E-state index is 0.197. The highest BCUT2D eigenvalue weighted by atomic mass is 35.5. The number of nitrogens with one attached hydrogen (secondary N) is 1. The molecule has 0 aliphatic heterocycles. The number of furan rings is 1. The molecule has 3 heterocycles. The fraction of sp³-hybridized carbons (Fsp3) is 0.111. The van der Waals surface area contributed by atoms with Crippen molar-refractivity contribution in [1.29, 1.82) is 0 Å². The van der Waals surface area contributed by atoms with Crippen molar-refractivity contribution in [2.75, 3.05) is 0 Å². The quantitative estimate of drug-likeness (QED) is 0.569. The molecule has 0 saturated carbocycles. The number of halogens is 1. The van der Waals surface area contributed by atoms with Gasteiger partial charge in [0.25, 0.3) is 5.56 Å². The second-order valence-electron chi connectivity index (χ2n) is 5.82. The van der Waals surface area contributed by atoms with Gasteiger partial charge in [-0.3, -0.25) is 9.59 Å². The molecule has 0 bridgehead atoms. The minimum atomic E-state index is -0.404. The molecule has 3 aromatic heterocycles. The predicted molar refractivity (Wildman–Crippen MR) is 98.2 cm³/mol. The smallest absolute Gasteiger partial charge is 0.293 e. The first kappa shape index (κ1) is 17.0. The summed E-state index contributed by atoms with van der Waals surface area (Å²) in [7, 11) is 0. The number of amides is 1. The molecule has 8 nitrogen and oxygen atoms in total. The van der Waals surface area contributed by atoms with Crippen LogP contribution in [0.5, 0.6) is 0 Å². The molecule has 4 rings (SSSR count). The second-order valence-corrected chi connectivity index (χ2v) is 6.25. The van der Waals surface area contributed by atoms with E-state index in [9.17, 15) is 9.59 Å². The molecule has 0 radical (unpaired) electrons. The van der Waals surface area contributed by atoms with Crippen molar-refractivity contribution in [2.24, 2.45) is 0 Å². The Labute approximate surface area is 158 Å². The Morgan fingerprint density at radius 1 is 1.22 bits per heavy atom. The first-order valence-corrected chi connectivity index (χ1v) is 8.48. The third-order valence-corrected chi connectivity index (χ3v) is 4.21. The van der Waals surface area contributed by atoms with Crippen LogP contribution >= 0.6 is 11.6 Å². The van der Waals surface area contributed by atoms with Crippen molar-refractivity contribution in [2.45, 2.75) is 13.1 Å². The van der Waals surface area contributed by atoms with E-state index < -0.39 is 5.56 Å². The predicted octanol–water partition coefficient (Wildman–Crippen LogP) is 2.12. The summed E-state index contributed by atoms with van der Waals surface area (Å²) in [6.45, 7) is 0.0493. The van der Waals surface area contributed by atoms with Crippen LogP contribution in [0, 0.1) is 0 Å². The van der Waals surface area contributed by atoms with E-state index in [2.05, 4.69) is 15.5 Å². The van der Waals surface area contributed by atoms with Crippen LogP contribution in [0.4, 0.5) is 0 Å². The zero-order valence-corrected chi connectivity index (χ0v) is 14.8. The number of rotatable bonds is 5. The van der Waals surface area contributed by atoms with E-state index in [4.69, 9.17) is 16.0 Å². The number of hydrogen-bond acceptors (Lipinski definition) is 5. The molecule has 0 atom stereocenters. The number of fused-ring (bicyclic) bond motifs is 1. The van der Waals surface area contributed by atoms with E-state index in [1.54, 1.807) is 30.3 Å². The maximum absolute atomic E-state index is 12.6. The molecule has 1 amide bonds. The van der Waals surface area contributed by atoms with E-state index in [1.165, 1.54) is 17.1 Å². The summed E-state index contributed by atoms with van der Waals surface area (Å²) < 4.78 is 7.64. The molecule has 1 N–H and O–H groups in total. The Balaban J connectivity index is 1.55. The van der Waals surface area contributed by atoms with Gasteiger partial charge in [-0.25, -0.2) is 9.20 Å². The van der Waals surface area contributed by atoms with Gasteiger partial charge in [-0.15, -0.1) is 0 Å². The van der Waals surface area contributed by atoms with Crippen molar-refractivity contribution in [3.63, 3.8) is 0 Å². The Kier molecular flexibility index (Phi) is 4.47. The van der Waals surface area contributed by atoms with Crippen LogP contribution < -0.4 is 10.9 Å². The number of hydrogen-bond donors (Lipinski definition) is 1. The van der Waals surface area contributed by atoms with E-state index >= 15 is 0 Å². The number of carbonyl (C=O) groups excluding carboxylic acids is 1. The molecule has 0 spiro atoms. The lowest BCUT2D eigenvalue weighted by Gasteiger charge is -2.05. The first-order chi connectivity index (χ1) is 13.1. The number of nitrogens with zero attached hydrogens (tertiary/aromatic N) is 4. The van der Waals surface area contributed by atoms with Gasteiger partial charge in [-0.1, -0.05) is 23.7 Å². The van der Waals surface area contributed by atoms with Gasteiger partial charge in [0.2, 0.25) is 5.91 Å². The third-order valence-electron chi connectivity index (χ3n) is 3.96. The standard InChI is InChI=1S/C18H14ClN5O3/c19-13-5-3-12(4-6-13)15-8-16-18(26)23(21-11-24(16)22-15)10-17(25)20-9-14-2-1-7-27-14/h1-8,11H,9-10H2,(H,20,25). The van der Waals surface area contributed by atoms with Gasteiger partial charge in [0, 0.05) is 10.6 Å². The van der Waals surface area contributed by atoms with Gasteiger partial charge in [-0.2, -0.15) is 10.2 Å². The summed E-state index contributed by atoms with van der Waals surface area (Å²) >= 11 is 5.90. The van der Waals surface area contributed by atoms with Crippen LogP contribution in [0.25, 0.3) is 16.8 Å². The minimum Gasteiger partial charge on any atom is -0.467 e. The van der Waals surface area contributed by atoms with Crippen LogP contribution in [0.15, 0.2) is 64.3 Å². The summed E-state index contributed by atoms with van der Waals surface area (Å²) in [6.07, 6.45) is 2.93. The van der Waals surface area contributed by atoms with E-state index in [-0.39, 0.29) is 19.0 Å². The molecule has 9 heteroatoms. The highest BCUT2D eigenvalue weighted by Crippen LogP contribution is 2.20. The lowest BCUT2D eigenvalue weighted by Crippen LogP contribution is -2.33. The fourth-order valence-corrected chi connectivity index (χ4v) is 2.73. The van der Waals surface area contributed by atoms with Crippen LogP contribution in [-0.4, -0.2) is 25.3 Å². The third kappa shape index (κ3) is 3.61. The van der Waals surface area contributed by atoms with Gasteiger partial charge < -0.3 is 9.73 Å². The average Bonchev–Trinajstić information content (AvgIpc) is 3.33. The summed E-state index contributed by atoms with van der Waals surface area (Å²) in [6, 6.07) is 12.3. The van der Waals surface area contributed by atoms with Crippen LogP contribution in [0.1, 0.15) is 5.76 Å². The van der Waals surface area contributed by atoms with Crippen LogP contribution in [-0.2, 0) is 17.9 Å². The highest BCUT2D eigenvalue weighted by molar-refractivity contribution is 6.30.